The monoisotopic (exact) mass is 234 g/mol. The molecule has 2 N–H and O–H groups in total. The second-order valence-corrected chi connectivity index (χ2v) is 4.20. The molecule has 0 aromatic carbocycles. The zero-order chi connectivity index (χ0) is 12.4. The maximum absolute atomic E-state index is 5.78. The normalized spacial score (nSPS) is 10.8. The molecule has 92 valence electrons. The number of nitrogens with zero attached hydrogens (tertiary/aromatic N) is 3. The van der Waals surface area contributed by atoms with Crippen LogP contribution in [0.1, 0.15) is 16.8 Å². The predicted molar refractivity (Wildman–Crippen MR) is 66.7 cm³/mol. The highest BCUT2D eigenvalue weighted by atomic mass is 16.3. The first-order valence-electron chi connectivity index (χ1n) is 5.58. The Labute approximate surface area is 101 Å². The molecule has 17 heavy (non-hydrogen) atoms. The summed E-state index contributed by atoms with van der Waals surface area (Å²) in [5.41, 5.74) is 9.00. The number of nitrogens with two attached hydrogens (primary N) is 1. The van der Waals surface area contributed by atoms with Crippen LogP contribution < -0.4 is 10.6 Å². The second-order valence-electron chi connectivity index (χ2n) is 4.20. The number of rotatable bonds is 4. The summed E-state index contributed by atoms with van der Waals surface area (Å²) in [5, 5.41) is 4.40. The maximum atomic E-state index is 5.78. The van der Waals surface area contributed by atoms with E-state index in [1.165, 1.54) is 0 Å². The molecule has 0 aliphatic carbocycles. The van der Waals surface area contributed by atoms with Crippen molar-refractivity contribution in [3.8, 4) is 0 Å². The van der Waals surface area contributed by atoms with Gasteiger partial charge in [0.15, 0.2) is 0 Å². The van der Waals surface area contributed by atoms with Gasteiger partial charge in [0.05, 0.1) is 18.2 Å². The van der Waals surface area contributed by atoms with Crippen molar-refractivity contribution in [1.29, 1.82) is 0 Å². The largest absolute Gasteiger partial charge is 0.472 e. The molecule has 2 heterocycles. The highest BCUT2D eigenvalue weighted by Gasteiger charge is 2.15. The number of aryl methyl sites for hydroxylation is 2. The Kier molecular flexibility index (Phi) is 3.19. The van der Waals surface area contributed by atoms with E-state index in [4.69, 9.17) is 10.2 Å². The van der Waals surface area contributed by atoms with E-state index in [-0.39, 0.29) is 0 Å². The minimum absolute atomic E-state index is 0.505. The third kappa shape index (κ3) is 2.19. The van der Waals surface area contributed by atoms with E-state index in [0.717, 1.165) is 29.2 Å². The summed E-state index contributed by atoms with van der Waals surface area (Å²) in [6.45, 7) is 3.27. The molecule has 0 unspecified atom stereocenters. The van der Waals surface area contributed by atoms with Gasteiger partial charge in [0.2, 0.25) is 0 Å². The molecular weight excluding hydrogens is 216 g/mol. The van der Waals surface area contributed by atoms with Crippen molar-refractivity contribution in [2.75, 3.05) is 11.9 Å². The number of hydrogen-bond acceptors (Lipinski definition) is 4. The van der Waals surface area contributed by atoms with Gasteiger partial charge in [0, 0.05) is 38.3 Å². The minimum atomic E-state index is 0.505. The Bertz CT molecular complexity index is 487. The fourth-order valence-electron chi connectivity index (χ4n) is 2.14. The SMILES string of the molecule is Cc1nn(C)c(N(C)Cc2ccoc2)c1CN. The summed E-state index contributed by atoms with van der Waals surface area (Å²) in [6.07, 6.45) is 3.43. The fraction of sp³-hybridized carbons (Fsp3) is 0.417. The Morgan fingerprint density at radius 2 is 2.29 bits per heavy atom. The summed E-state index contributed by atoms with van der Waals surface area (Å²) >= 11 is 0. The molecule has 0 aliphatic heterocycles. The molecule has 5 nitrogen and oxygen atoms in total. The maximum Gasteiger partial charge on any atom is 0.131 e. The highest BCUT2D eigenvalue weighted by Crippen LogP contribution is 2.23. The Morgan fingerprint density at radius 1 is 1.53 bits per heavy atom. The first-order valence-corrected chi connectivity index (χ1v) is 5.58. The standard InChI is InChI=1S/C12H18N4O/c1-9-11(6-13)12(16(3)14-9)15(2)7-10-4-5-17-8-10/h4-5,8H,6-7,13H2,1-3H3. The van der Waals surface area contributed by atoms with Crippen LogP contribution in [0.3, 0.4) is 0 Å². The van der Waals surface area contributed by atoms with E-state index in [2.05, 4.69) is 10.00 Å². The minimum Gasteiger partial charge on any atom is -0.472 e. The van der Waals surface area contributed by atoms with Gasteiger partial charge in [-0.05, 0) is 13.0 Å². The van der Waals surface area contributed by atoms with Gasteiger partial charge >= 0.3 is 0 Å². The van der Waals surface area contributed by atoms with Crippen LogP contribution in [-0.2, 0) is 20.1 Å². The molecule has 0 amide bonds. The van der Waals surface area contributed by atoms with Crippen molar-refractivity contribution in [2.45, 2.75) is 20.0 Å². The first kappa shape index (κ1) is 11.7. The van der Waals surface area contributed by atoms with Crippen molar-refractivity contribution in [2.24, 2.45) is 12.8 Å². The van der Waals surface area contributed by atoms with Crippen LogP contribution in [0.25, 0.3) is 0 Å². The van der Waals surface area contributed by atoms with Crippen LogP contribution in [0, 0.1) is 6.92 Å². The molecular formula is C12H18N4O. The molecule has 0 aliphatic rings. The molecule has 0 saturated carbocycles. The molecule has 5 heteroatoms. The third-order valence-electron chi connectivity index (χ3n) is 2.88. The van der Waals surface area contributed by atoms with Crippen LogP contribution in [0.2, 0.25) is 0 Å². The highest BCUT2D eigenvalue weighted by molar-refractivity contribution is 5.49. The van der Waals surface area contributed by atoms with E-state index in [9.17, 15) is 0 Å². The van der Waals surface area contributed by atoms with Crippen LogP contribution in [-0.4, -0.2) is 16.8 Å². The molecule has 0 saturated heterocycles. The quantitative estimate of drug-likeness (QED) is 0.869. The van der Waals surface area contributed by atoms with Gasteiger partial charge in [-0.3, -0.25) is 4.68 Å². The average Bonchev–Trinajstić information content (AvgIpc) is 2.85. The van der Waals surface area contributed by atoms with E-state index >= 15 is 0 Å². The van der Waals surface area contributed by atoms with Crippen molar-refractivity contribution in [3.05, 3.63) is 35.4 Å². The average molecular weight is 234 g/mol. The van der Waals surface area contributed by atoms with Crippen LogP contribution >= 0.6 is 0 Å². The van der Waals surface area contributed by atoms with E-state index < -0.39 is 0 Å². The first-order chi connectivity index (χ1) is 8.13. The van der Waals surface area contributed by atoms with Gasteiger partial charge in [-0.1, -0.05) is 0 Å². The lowest BCUT2D eigenvalue weighted by atomic mass is 10.2. The zero-order valence-corrected chi connectivity index (χ0v) is 10.5. The number of aromatic nitrogens is 2. The predicted octanol–water partition coefficient (Wildman–Crippen LogP) is 1.42. The van der Waals surface area contributed by atoms with Crippen molar-refractivity contribution < 1.29 is 4.42 Å². The zero-order valence-electron chi connectivity index (χ0n) is 10.5. The van der Waals surface area contributed by atoms with Crippen LogP contribution in [0.5, 0.6) is 0 Å². The molecule has 0 radical (unpaired) electrons. The van der Waals surface area contributed by atoms with Crippen molar-refractivity contribution in [3.63, 3.8) is 0 Å². The molecule has 0 atom stereocenters. The third-order valence-corrected chi connectivity index (χ3v) is 2.88. The summed E-state index contributed by atoms with van der Waals surface area (Å²) in [6, 6.07) is 1.96. The summed E-state index contributed by atoms with van der Waals surface area (Å²) in [5.74, 6) is 1.06. The van der Waals surface area contributed by atoms with E-state index in [1.807, 2.05) is 31.8 Å². The second kappa shape index (κ2) is 4.63. The van der Waals surface area contributed by atoms with Crippen molar-refractivity contribution in [1.82, 2.24) is 9.78 Å². The number of anilines is 1. The topological polar surface area (TPSA) is 60.2 Å². The molecule has 2 aromatic rings. The number of furan rings is 1. The Balaban J connectivity index is 2.27. The fourth-order valence-corrected chi connectivity index (χ4v) is 2.14. The van der Waals surface area contributed by atoms with Gasteiger partial charge in [0.25, 0.3) is 0 Å². The van der Waals surface area contributed by atoms with Crippen LogP contribution in [0.4, 0.5) is 5.82 Å². The number of hydrogen-bond donors (Lipinski definition) is 1. The molecule has 0 fully saturated rings. The van der Waals surface area contributed by atoms with Gasteiger partial charge in [0.1, 0.15) is 5.82 Å². The summed E-state index contributed by atoms with van der Waals surface area (Å²) < 4.78 is 6.94. The van der Waals surface area contributed by atoms with Gasteiger partial charge < -0.3 is 15.1 Å². The Hall–Kier alpha value is -1.75. The lowest BCUT2D eigenvalue weighted by Crippen LogP contribution is -2.21. The smallest absolute Gasteiger partial charge is 0.131 e. The lowest BCUT2D eigenvalue weighted by Gasteiger charge is -2.20. The van der Waals surface area contributed by atoms with E-state index in [1.54, 1.807) is 12.5 Å². The van der Waals surface area contributed by atoms with Gasteiger partial charge in [-0.15, -0.1) is 0 Å². The summed E-state index contributed by atoms with van der Waals surface area (Å²) in [7, 11) is 3.97. The Morgan fingerprint density at radius 3 is 2.88 bits per heavy atom. The van der Waals surface area contributed by atoms with E-state index in [0.29, 0.717) is 6.54 Å². The lowest BCUT2D eigenvalue weighted by molar-refractivity contribution is 0.563. The molecule has 0 spiro atoms. The summed E-state index contributed by atoms with van der Waals surface area (Å²) in [4.78, 5) is 2.13. The molecule has 2 aromatic heterocycles. The van der Waals surface area contributed by atoms with Gasteiger partial charge in [-0.2, -0.15) is 5.10 Å². The van der Waals surface area contributed by atoms with Crippen molar-refractivity contribution >= 4 is 5.82 Å². The molecule has 0 bridgehead atoms. The molecule has 2 rings (SSSR count). The van der Waals surface area contributed by atoms with Crippen LogP contribution in [0.15, 0.2) is 23.0 Å². The van der Waals surface area contributed by atoms with Gasteiger partial charge in [-0.25, -0.2) is 0 Å².